The van der Waals surface area contributed by atoms with Crippen LogP contribution in [0.4, 0.5) is 0 Å². The molecule has 1 saturated heterocycles. The van der Waals surface area contributed by atoms with Gasteiger partial charge in [0.25, 0.3) is 0 Å². The van der Waals surface area contributed by atoms with Crippen molar-refractivity contribution in [1.29, 1.82) is 0 Å². The van der Waals surface area contributed by atoms with E-state index in [1.807, 2.05) is 12.1 Å². The summed E-state index contributed by atoms with van der Waals surface area (Å²) in [5.74, 6) is 0.411. The zero-order chi connectivity index (χ0) is 14.0. The second-order valence-corrected chi connectivity index (χ2v) is 6.83. The Hall–Kier alpha value is -1.73. The maximum absolute atomic E-state index is 12.3. The summed E-state index contributed by atoms with van der Waals surface area (Å²) in [5.41, 5.74) is 1.24. The van der Waals surface area contributed by atoms with Gasteiger partial charge in [0.15, 0.2) is 0 Å². The number of nitrogens with zero attached hydrogens (tertiary/aromatic N) is 3. The van der Waals surface area contributed by atoms with Gasteiger partial charge in [-0.15, -0.1) is 0 Å². The maximum atomic E-state index is 12.3. The van der Waals surface area contributed by atoms with Crippen LogP contribution in [0.25, 0.3) is 0 Å². The standard InChI is InChI=1S/C13H16N4O2S/c18-20(19,13-9-15-16-10-13)17-7-3-12(4-8-17)11-1-5-14-6-2-11/h1-2,5-6,9-10,12H,3-4,7-8H2,(H,15,16). The molecule has 1 aliphatic heterocycles. The first kappa shape index (κ1) is 13.3. The number of hydrogen-bond acceptors (Lipinski definition) is 4. The fourth-order valence-corrected chi connectivity index (χ4v) is 3.97. The zero-order valence-corrected chi connectivity index (χ0v) is 11.8. The predicted octanol–water partition coefficient (Wildman–Crippen LogP) is 1.37. The summed E-state index contributed by atoms with van der Waals surface area (Å²) < 4.78 is 26.2. The monoisotopic (exact) mass is 292 g/mol. The third-order valence-electron chi connectivity index (χ3n) is 3.74. The Morgan fingerprint density at radius 1 is 1.20 bits per heavy atom. The lowest BCUT2D eigenvalue weighted by atomic mass is 9.91. The highest BCUT2D eigenvalue weighted by atomic mass is 32.2. The molecule has 20 heavy (non-hydrogen) atoms. The molecule has 0 aromatic carbocycles. The van der Waals surface area contributed by atoms with Crippen LogP contribution in [0.5, 0.6) is 0 Å². The van der Waals surface area contributed by atoms with Crippen molar-refractivity contribution in [1.82, 2.24) is 19.5 Å². The van der Waals surface area contributed by atoms with E-state index in [9.17, 15) is 8.42 Å². The Morgan fingerprint density at radius 2 is 1.90 bits per heavy atom. The van der Waals surface area contributed by atoms with Crippen LogP contribution < -0.4 is 0 Å². The highest BCUT2D eigenvalue weighted by Crippen LogP contribution is 2.30. The normalized spacial score (nSPS) is 18.2. The summed E-state index contributed by atoms with van der Waals surface area (Å²) in [6.45, 7) is 1.08. The van der Waals surface area contributed by atoms with Gasteiger partial charge in [-0.3, -0.25) is 10.1 Å². The van der Waals surface area contributed by atoms with E-state index in [0.29, 0.717) is 19.0 Å². The minimum Gasteiger partial charge on any atom is -0.284 e. The van der Waals surface area contributed by atoms with Gasteiger partial charge in [0.2, 0.25) is 10.0 Å². The average Bonchev–Trinajstić information content (AvgIpc) is 3.03. The number of rotatable bonds is 3. The molecule has 6 nitrogen and oxygen atoms in total. The molecule has 0 aliphatic carbocycles. The molecule has 0 unspecified atom stereocenters. The largest absolute Gasteiger partial charge is 0.284 e. The lowest BCUT2D eigenvalue weighted by molar-refractivity contribution is 0.319. The van der Waals surface area contributed by atoms with E-state index >= 15 is 0 Å². The van der Waals surface area contributed by atoms with Crippen LogP contribution >= 0.6 is 0 Å². The first-order chi connectivity index (χ1) is 9.68. The van der Waals surface area contributed by atoms with E-state index in [1.54, 1.807) is 12.4 Å². The van der Waals surface area contributed by atoms with Crippen molar-refractivity contribution in [2.45, 2.75) is 23.7 Å². The van der Waals surface area contributed by atoms with Crippen LogP contribution in [-0.4, -0.2) is 41.0 Å². The number of H-pyrrole nitrogens is 1. The van der Waals surface area contributed by atoms with E-state index < -0.39 is 10.0 Å². The number of piperidine rings is 1. The number of hydrogen-bond donors (Lipinski definition) is 1. The molecule has 1 N–H and O–H groups in total. The Morgan fingerprint density at radius 3 is 2.50 bits per heavy atom. The van der Waals surface area contributed by atoms with Crippen molar-refractivity contribution >= 4 is 10.0 Å². The van der Waals surface area contributed by atoms with Gasteiger partial charge in [-0.05, 0) is 36.5 Å². The summed E-state index contributed by atoms with van der Waals surface area (Å²) >= 11 is 0. The molecule has 2 aromatic heterocycles. The van der Waals surface area contributed by atoms with Crippen molar-refractivity contribution in [3.8, 4) is 0 Å². The van der Waals surface area contributed by atoms with Crippen LogP contribution in [0.3, 0.4) is 0 Å². The minimum atomic E-state index is -3.40. The molecule has 0 radical (unpaired) electrons. The average molecular weight is 292 g/mol. The van der Waals surface area contributed by atoms with Crippen LogP contribution in [0.1, 0.15) is 24.3 Å². The first-order valence-corrected chi connectivity index (χ1v) is 8.01. The van der Waals surface area contributed by atoms with E-state index in [1.165, 1.54) is 22.3 Å². The van der Waals surface area contributed by atoms with Crippen molar-refractivity contribution in [2.24, 2.45) is 0 Å². The number of pyridine rings is 1. The smallest absolute Gasteiger partial charge is 0.246 e. The van der Waals surface area contributed by atoms with Gasteiger partial charge in [0.1, 0.15) is 4.90 Å². The molecule has 2 aromatic rings. The van der Waals surface area contributed by atoms with Crippen LogP contribution in [0.15, 0.2) is 41.8 Å². The van der Waals surface area contributed by atoms with Crippen molar-refractivity contribution < 1.29 is 8.42 Å². The van der Waals surface area contributed by atoms with Crippen LogP contribution in [-0.2, 0) is 10.0 Å². The summed E-state index contributed by atoms with van der Waals surface area (Å²) in [7, 11) is -3.40. The molecule has 0 bridgehead atoms. The predicted molar refractivity (Wildman–Crippen MR) is 73.6 cm³/mol. The molecule has 0 saturated carbocycles. The second kappa shape index (κ2) is 5.34. The van der Waals surface area contributed by atoms with Gasteiger partial charge in [0, 0.05) is 31.7 Å². The maximum Gasteiger partial charge on any atom is 0.246 e. The van der Waals surface area contributed by atoms with Gasteiger partial charge in [0.05, 0.1) is 6.20 Å². The Balaban J connectivity index is 1.70. The molecule has 7 heteroatoms. The van der Waals surface area contributed by atoms with Crippen molar-refractivity contribution in [3.05, 3.63) is 42.5 Å². The number of sulfonamides is 1. The van der Waals surface area contributed by atoms with Gasteiger partial charge < -0.3 is 0 Å². The highest BCUT2D eigenvalue weighted by molar-refractivity contribution is 7.89. The number of aromatic amines is 1. The Kier molecular flexibility index (Phi) is 3.54. The first-order valence-electron chi connectivity index (χ1n) is 6.57. The molecule has 0 atom stereocenters. The fraction of sp³-hybridized carbons (Fsp3) is 0.385. The second-order valence-electron chi connectivity index (χ2n) is 4.89. The summed E-state index contributed by atoms with van der Waals surface area (Å²) in [6, 6.07) is 4.01. The zero-order valence-electron chi connectivity index (χ0n) is 10.9. The number of aromatic nitrogens is 3. The molecule has 0 spiro atoms. The van der Waals surface area contributed by atoms with E-state index in [-0.39, 0.29) is 4.90 Å². The SMILES string of the molecule is O=S(=O)(c1cn[nH]c1)N1CCC(c2ccncc2)CC1. The topological polar surface area (TPSA) is 79.0 Å². The molecule has 0 amide bonds. The van der Waals surface area contributed by atoms with E-state index in [0.717, 1.165) is 12.8 Å². The molecule has 3 rings (SSSR count). The van der Waals surface area contributed by atoms with Gasteiger partial charge in [-0.2, -0.15) is 9.40 Å². The van der Waals surface area contributed by atoms with E-state index in [4.69, 9.17) is 0 Å². The third kappa shape index (κ3) is 2.46. The summed E-state index contributed by atoms with van der Waals surface area (Å²) in [4.78, 5) is 4.25. The van der Waals surface area contributed by atoms with Crippen molar-refractivity contribution in [2.75, 3.05) is 13.1 Å². The third-order valence-corrected chi connectivity index (χ3v) is 5.61. The quantitative estimate of drug-likeness (QED) is 0.926. The lowest BCUT2D eigenvalue weighted by Crippen LogP contribution is -2.37. The highest BCUT2D eigenvalue weighted by Gasteiger charge is 2.30. The molecule has 1 aliphatic rings. The Bertz CT molecular complexity index is 647. The Labute approximate surface area is 117 Å². The minimum absolute atomic E-state index is 0.236. The summed E-state index contributed by atoms with van der Waals surface area (Å²) in [6.07, 6.45) is 8.00. The molecular weight excluding hydrogens is 276 g/mol. The molecular formula is C13H16N4O2S. The van der Waals surface area contributed by atoms with Gasteiger partial charge in [-0.25, -0.2) is 8.42 Å². The van der Waals surface area contributed by atoms with Crippen LogP contribution in [0, 0.1) is 0 Å². The fourth-order valence-electron chi connectivity index (χ4n) is 2.59. The lowest BCUT2D eigenvalue weighted by Gasteiger charge is -2.31. The van der Waals surface area contributed by atoms with Crippen molar-refractivity contribution in [3.63, 3.8) is 0 Å². The van der Waals surface area contributed by atoms with Crippen LogP contribution in [0.2, 0.25) is 0 Å². The molecule has 1 fully saturated rings. The van der Waals surface area contributed by atoms with Gasteiger partial charge in [-0.1, -0.05) is 0 Å². The number of nitrogens with one attached hydrogen (secondary N) is 1. The molecule has 106 valence electrons. The summed E-state index contributed by atoms with van der Waals surface area (Å²) in [5, 5.41) is 6.25. The van der Waals surface area contributed by atoms with E-state index in [2.05, 4.69) is 15.2 Å². The molecule has 3 heterocycles. The van der Waals surface area contributed by atoms with Gasteiger partial charge >= 0.3 is 0 Å².